The maximum absolute atomic E-state index is 5.34. The highest BCUT2D eigenvalue weighted by Gasteiger charge is 1.81. The molecular formula is C10H21N. The van der Waals surface area contributed by atoms with Crippen molar-refractivity contribution in [2.24, 2.45) is 5.73 Å². The molecule has 0 aliphatic carbocycles. The lowest BCUT2D eigenvalue weighted by molar-refractivity contribution is 0.950. The molecule has 0 fully saturated rings. The van der Waals surface area contributed by atoms with Crippen molar-refractivity contribution in [3.05, 3.63) is 23.8 Å². The molecule has 0 unspecified atom stereocenters. The Balaban J connectivity index is 0. The van der Waals surface area contributed by atoms with Crippen LogP contribution in [0.4, 0.5) is 0 Å². The lowest BCUT2D eigenvalue weighted by Crippen LogP contribution is -1.97. The molecule has 0 radical (unpaired) electrons. The number of hydrogen-bond acceptors (Lipinski definition) is 1. The molecule has 0 aromatic rings. The second-order valence-corrected chi connectivity index (χ2v) is 2.08. The van der Waals surface area contributed by atoms with Crippen molar-refractivity contribution in [2.45, 2.75) is 34.1 Å². The first kappa shape index (κ1) is 13.1. The van der Waals surface area contributed by atoms with E-state index in [9.17, 15) is 0 Å². The molecule has 0 bridgehead atoms. The van der Waals surface area contributed by atoms with Gasteiger partial charge < -0.3 is 5.73 Å². The van der Waals surface area contributed by atoms with Crippen LogP contribution in [0.15, 0.2) is 23.8 Å². The number of rotatable bonds is 3. The van der Waals surface area contributed by atoms with Gasteiger partial charge in [-0.05, 0) is 26.8 Å². The third-order valence-electron chi connectivity index (χ3n) is 1.11. The Kier molecular flexibility index (Phi) is 14.4. The molecule has 0 aliphatic heterocycles. The van der Waals surface area contributed by atoms with Crippen LogP contribution in [0, 0.1) is 0 Å². The average molecular weight is 155 g/mol. The van der Waals surface area contributed by atoms with Gasteiger partial charge in [-0.2, -0.15) is 0 Å². The van der Waals surface area contributed by atoms with E-state index in [1.54, 1.807) is 0 Å². The summed E-state index contributed by atoms with van der Waals surface area (Å²) in [6, 6.07) is 0. The Bertz CT molecular complexity index is 112. The van der Waals surface area contributed by atoms with Gasteiger partial charge in [0.05, 0.1) is 0 Å². The first-order chi connectivity index (χ1) is 5.31. The van der Waals surface area contributed by atoms with Crippen LogP contribution in [0.25, 0.3) is 0 Å². The molecule has 0 atom stereocenters. The predicted molar refractivity (Wildman–Crippen MR) is 53.6 cm³/mol. The molecule has 0 saturated heterocycles. The number of hydrogen-bond donors (Lipinski definition) is 1. The second kappa shape index (κ2) is 12.1. The van der Waals surface area contributed by atoms with E-state index >= 15 is 0 Å². The van der Waals surface area contributed by atoms with Crippen molar-refractivity contribution < 1.29 is 0 Å². The quantitative estimate of drug-likeness (QED) is 0.623. The molecule has 0 rings (SSSR count). The maximum Gasteiger partial charge on any atom is -0.00399 e. The van der Waals surface area contributed by atoms with E-state index in [4.69, 9.17) is 5.73 Å². The first-order valence-electron chi connectivity index (χ1n) is 4.29. The topological polar surface area (TPSA) is 26.0 Å². The standard InChI is InChI=1S/C8H15N.C2H6/c1-3-4-5-8(2)6-7-9;1-2/h3-5H,6-7,9H2,1-2H3;1-2H3/b4-3-,8-5+;. The van der Waals surface area contributed by atoms with Gasteiger partial charge in [0.15, 0.2) is 0 Å². The van der Waals surface area contributed by atoms with Crippen molar-refractivity contribution in [3.8, 4) is 0 Å². The van der Waals surface area contributed by atoms with Crippen LogP contribution in [0.2, 0.25) is 0 Å². The van der Waals surface area contributed by atoms with Crippen molar-refractivity contribution in [1.29, 1.82) is 0 Å². The summed E-state index contributed by atoms with van der Waals surface area (Å²) < 4.78 is 0. The van der Waals surface area contributed by atoms with Gasteiger partial charge in [0, 0.05) is 0 Å². The second-order valence-electron chi connectivity index (χ2n) is 2.08. The van der Waals surface area contributed by atoms with Gasteiger partial charge in [-0.3, -0.25) is 0 Å². The van der Waals surface area contributed by atoms with E-state index in [0.29, 0.717) is 0 Å². The van der Waals surface area contributed by atoms with Crippen LogP contribution in [0.5, 0.6) is 0 Å². The van der Waals surface area contributed by atoms with Gasteiger partial charge in [0.25, 0.3) is 0 Å². The lowest BCUT2D eigenvalue weighted by Gasteiger charge is -1.92. The van der Waals surface area contributed by atoms with Crippen LogP contribution in [-0.4, -0.2) is 6.54 Å². The lowest BCUT2D eigenvalue weighted by atomic mass is 10.2. The number of nitrogens with two attached hydrogens (primary N) is 1. The molecule has 66 valence electrons. The summed E-state index contributed by atoms with van der Waals surface area (Å²) in [7, 11) is 0. The Hall–Kier alpha value is -0.560. The zero-order chi connectivity index (χ0) is 9.11. The minimum atomic E-state index is 0.750. The van der Waals surface area contributed by atoms with Crippen LogP contribution < -0.4 is 5.73 Å². The van der Waals surface area contributed by atoms with E-state index in [-0.39, 0.29) is 0 Å². The van der Waals surface area contributed by atoms with Crippen molar-refractivity contribution in [3.63, 3.8) is 0 Å². The maximum atomic E-state index is 5.34. The van der Waals surface area contributed by atoms with E-state index in [0.717, 1.165) is 13.0 Å². The number of allylic oxidation sites excluding steroid dienone is 3. The molecule has 11 heavy (non-hydrogen) atoms. The van der Waals surface area contributed by atoms with E-state index < -0.39 is 0 Å². The molecule has 0 amide bonds. The fourth-order valence-electron chi connectivity index (χ4n) is 0.571. The summed E-state index contributed by atoms with van der Waals surface area (Å²) in [5, 5.41) is 0. The van der Waals surface area contributed by atoms with Crippen LogP contribution in [0.3, 0.4) is 0 Å². The molecular weight excluding hydrogens is 134 g/mol. The highest BCUT2D eigenvalue weighted by molar-refractivity contribution is 5.09. The normalized spacial score (nSPS) is 11.2. The molecule has 0 aromatic heterocycles. The fourth-order valence-corrected chi connectivity index (χ4v) is 0.571. The van der Waals surface area contributed by atoms with E-state index in [1.807, 2.05) is 32.9 Å². The highest BCUT2D eigenvalue weighted by atomic mass is 14.5. The molecule has 1 heteroatoms. The first-order valence-corrected chi connectivity index (χ1v) is 4.29. The van der Waals surface area contributed by atoms with Gasteiger partial charge in [-0.1, -0.05) is 37.6 Å². The third-order valence-corrected chi connectivity index (χ3v) is 1.11. The summed E-state index contributed by atoms with van der Waals surface area (Å²) in [6.45, 7) is 8.85. The van der Waals surface area contributed by atoms with E-state index in [2.05, 4.69) is 13.0 Å². The van der Waals surface area contributed by atoms with Gasteiger partial charge in [-0.25, -0.2) is 0 Å². The molecule has 0 aromatic carbocycles. The van der Waals surface area contributed by atoms with E-state index in [1.165, 1.54) is 5.57 Å². The largest absolute Gasteiger partial charge is 0.330 e. The zero-order valence-corrected chi connectivity index (χ0v) is 8.22. The Morgan fingerprint density at radius 1 is 1.36 bits per heavy atom. The summed E-state index contributed by atoms with van der Waals surface area (Å²) in [6.07, 6.45) is 7.14. The SMILES string of the molecule is C/C=C\C=C(/C)CCN.CC. The molecule has 1 nitrogen and oxygen atoms in total. The molecule has 2 N–H and O–H groups in total. The van der Waals surface area contributed by atoms with Crippen LogP contribution in [-0.2, 0) is 0 Å². The summed E-state index contributed by atoms with van der Waals surface area (Å²) >= 11 is 0. The van der Waals surface area contributed by atoms with Gasteiger partial charge in [-0.15, -0.1) is 0 Å². The molecule has 0 saturated carbocycles. The third kappa shape index (κ3) is 12.6. The Morgan fingerprint density at radius 3 is 2.27 bits per heavy atom. The summed E-state index contributed by atoms with van der Waals surface area (Å²) in [5.41, 5.74) is 6.68. The van der Waals surface area contributed by atoms with Gasteiger partial charge in [0.1, 0.15) is 0 Å². The smallest absolute Gasteiger partial charge is 0.00399 e. The summed E-state index contributed by atoms with van der Waals surface area (Å²) in [5.74, 6) is 0. The van der Waals surface area contributed by atoms with Gasteiger partial charge >= 0.3 is 0 Å². The van der Waals surface area contributed by atoms with Crippen molar-refractivity contribution in [1.82, 2.24) is 0 Å². The van der Waals surface area contributed by atoms with Crippen LogP contribution >= 0.6 is 0 Å². The van der Waals surface area contributed by atoms with Crippen molar-refractivity contribution in [2.75, 3.05) is 6.54 Å². The van der Waals surface area contributed by atoms with Crippen LogP contribution in [0.1, 0.15) is 34.1 Å². The molecule has 0 aliphatic rings. The van der Waals surface area contributed by atoms with Gasteiger partial charge in [0.2, 0.25) is 0 Å². The fraction of sp³-hybridized carbons (Fsp3) is 0.600. The molecule has 0 heterocycles. The average Bonchev–Trinajstić information content (AvgIpc) is 2.05. The highest BCUT2D eigenvalue weighted by Crippen LogP contribution is 1.96. The predicted octanol–water partition coefficient (Wildman–Crippen LogP) is 2.88. The van der Waals surface area contributed by atoms with Crippen molar-refractivity contribution >= 4 is 0 Å². The monoisotopic (exact) mass is 155 g/mol. The Morgan fingerprint density at radius 2 is 1.91 bits per heavy atom. The molecule has 0 spiro atoms. The zero-order valence-electron chi connectivity index (χ0n) is 8.22. The minimum absolute atomic E-state index is 0.750. The minimum Gasteiger partial charge on any atom is -0.330 e. The summed E-state index contributed by atoms with van der Waals surface area (Å²) in [4.78, 5) is 0. The Labute approximate surface area is 71.0 Å².